The van der Waals surface area contributed by atoms with Gasteiger partial charge in [0.25, 0.3) is 5.91 Å². The summed E-state index contributed by atoms with van der Waals surface area (Å²) < 4.78 is 25.5. The van der Waals surface area contributed by atoms with Gasteiger partial charge in [0.1, 0.15) is 10.7 Å². The van der Waals surface area contributed by atoms with Gasteiger partial charge in [-0.2, -0.15) is 0 Å². The standard InChI is InChI=1S/C21H23N3O3S2/c1-14-4-9-18(15(2)10-14)21-24-19(12-28-21)20(25)23-11-16-5-7-17(8-6-16)13-29(26,27)22-3/h4-10,12,22H,11,13H2,1-3H3,(H,23,25). The lowest BCUT2D eigenvalue weighted by Crippen LogP contribution is -2.23. The molecule has 1 amide bonds. The maximum atomic E-state index is 12.4. The minimum absolute atomic E-state index is 0.0732. The van der Waals surface area contributed by atoms with E-state index < -0.39 is 10.0 Å². The van der Waals surface area contributed by atoms with E-state index in [2.05, 4.69) is 21.1 Å². The third kappa shape index (κ3) is 5.50. The van der Waals surface area contributed by atoms with Crippen molar-refractivity contribution in [3.05, 3.63) is 75.8 Å². The normalized spacial score (nSPS) is 11.4. The minimum atomic E-state index is -3.30. The summed E-state index contributed by atoms with van der Waals surface area (Å²) >= 11 is 1.45. The summed E-state index contributed by atoms with van der Waals surface area (Å²) in [6.07, 6.45) is 0. The van der Waals surface area contributed by atoms with E-state index >= 15 is 0 Å². The molecule has 29 heavy (non-hydrogen) atoms. The van der Waals surface area contributed by atoms with Gasteiger partial charge in [-0.15, -0.1) is 11.3 Å². The van der Waals surface area contributed by atoms with Crippen molar-refractivity contribution < 1.29 is 13.2 Å². The van der Waals surface area contributed by atoms with Crippen molar-refractivity contribution in [1.29, 1.82) is 0 Å². The molecule has 0 fully saturated rings. The molecule has 3 rings (SSSR count). The van der Waals surface area contributed by atoms with E-state index in [-0.39, 0.29) is 11.7 Å². The van der Waals surface area contributed by atoms with Crippen molar-refractivity contribution in [1.82, 2.24) is 15.0 Å². The fourth-order valence-electron chi connectivity index (χ4n) is 2.87. The van der Waals surface area contributed by atoms with Crippen LogP contribution in [-0.2, 0) is 22.3 Å². The first-order chi connectivity index (χ1) is 13.8. The molecule has 8 heteroatoms. The number of hydrogen-bond donors (Lipinski definition) is 2. The van der Waals surface area contributed by atoms with Crippen LogP contribution in [-0.4, -0.2) is 26.4 Å². The van der Waals surface area contributed by atoms with Crippen molar-refractivity contribution in [3.8, 4) is 10.6 Å². The minimum Gasteiger partial charge on any atom is -0.347 e. The van der Waals surface area contributed by atoms with Gasteiger partial charge in [0.05, 0.1) is 5.75 Å². The van der Waals surface area contributed by atoms with E-state index in [1.54, 1.807) is 17.5 Å². The maximum absolute atomic E-state index is 12.4. The third-order valence-electron chi connectivity index (χ3n) is 4.49. The lowest BCUT2D eigenvalue weighted by molar-refractivity contribution is 0.0946. The molecule has 0 radical (unpaired) electrons. The molecule has 1 heterocycles. The molecule has 0 unspecified atom stereocenters. The second-order valence-electron chi connectivity index (χ2n) is 6.82. The Balaban J connectivity index is 1.62. The Kier molecular flexibility index (Phi) is 6.46. The van der Waals surface area contributed by atoms with Gasteiger partial charge in [0.2, 0.25) is 10.0 Å². The number of aryl methyl sites for hydroxylation is 2. The van der Waals surface area contributed by atoms with Crippen LogP contribution >= 0.6 is 11.3 Å². The zero-order valence-electron chi connectivity index (χ0n) is 16.5. The number of nitrogens with zero attached hydrogens (tertiary/aromatic N) is 1. The molecule has 1 aromatic heterocycles. The summed E-state index contributed by atoms with van der Waals surface area (Å²) in [5.74, 6) is -0.310. The molecule has 2 N–H and O–H groups in total. The molecule has 6 nitrogen and oxygen atoms in total. The number of rotatable bonds is 7. The topological polar surface area (TPSA) is 88.2 Å². The highest BCUT2D eigenvalue weighted by atomic mass is 32.2. The van der Waals surface area contributed by atoms with E-state index in [4.69, 9.17) is 0 Å². The van der Waals surface area contributed by atoms with E-state index in [0.717, 1.165) is 21.7 Å². The molecule has 0 atom stereocenters. The largest absolute Gasteiger partial charge is 0.347 e. The second-order valence-corrected chi connectivity index (χ2v) is 9.60. The van der Waals surface area contributed by atoms with E-state index in [1.807, 2.05) is 38.1 Å². The Morgan fingerprint density at radius 3 is 2.41 bits per heavy atom. The molecule has 3 aromatic rings. The summed E-state index contributed by atoms with van der Waals surface area (Å²) in [5.41, 5.74) is 5.32. The number of benzene rings is 2. The predicted octanol–water partition coefficient (Wildman–Crippen LogP) is 3.41. The van der Waals surface area contributed by atoms with Gasteiger partial charge < -0.3 is 5.32 Å². The van der Waals surface area contributed by atoms with Gasteiger partial charge in [0.15, 0.2) is 0 Å². The van der Waals surface area contributed by atoms with Gasteiger partial charge in [-0.1, -0.05) is 48.0 Å². The third-order valence-corrected chi connectivity index (χ3v) is 6.70. The first-order valence-corrected chi connectivity index (χ1v) is 11.6. The second kappa shape index (κ2) is 8.86. The van der Waals surface area contributed by atoms with E-state index in [0.29, 0.717) is 17.8 Å². The lowest BCUT2D eigenvalue weighted by Gasteiger charge is -2.06. The van der Waals surface area contributed by atoms with Crippen LogP contribution in [0.2, 0.25) is 0 Å². The molecule has 0 spiro atoms. The Bertz CT molecular complexity index is 1120. The quantitative estimate of drug-likeness (QED) is 0.602. The molecule has 2 aromatic carbocycles. The Labute approximate surface area is 175 Å². The summed E-state index contributed by atoms with van der Waals surface area (Å²) in [6.45, 7) is 4.42. The van der Waals surface area contributed by atoms with Gasteiger partial charge in [0, 0.05) is 17.5 Å². The first kappa shape index (κ1) is 21.2. The van der Waals surface area contributed by atoms with Gasteiger partial charge >= 0.3 is 0 Å². The predicted molar refractivity (Wildman–Crippen MR) is 116 cm³/mol. The maximum Gasteiger partial charge on any atom is 0.271 e. The van der Waals surface area contributed by atoms with E-state index in [1.165, 1.54) is 23.9 Å². The number of sulfonamides is 1. The zero-order chi connectivity index (χ0) is 21.0. The van der Waals surface area contributed by atoms with Gasteiger partial charge in [-0.3, -0.25) is 4.79 Å². The van der Waals surface area contributed by atoms with Crippen LogP contribution in [0, 0.1) is 13.8 Å². The van der Waals surface area contributed by atoms with E-state index in [9.17, 15) is 13.2 Å². The van der Waals surface area contributed by atoms with Gasteiger partial charge in [-0.05, 0) is 37.6 Å². The molecule has 0 aliphatic carbocycles. The van der Waals surface area contributed by atoms with Crippen LogP contribution in [0.4, 0.5) is 0 Å². The molecule has 0 aliphatic rings. The zero-order valence-corrected chi connectivity index (χ0v) is 18.2. The average Bonchev–Trinajstić information content (AvgIpc) is 3.17. The number of nitrogens with one attached hydrogen (secondary N) is 2. The molecule has 0 aliphatic heterocycles. The smallest absolute Gasteiger partial charge is 0.271 e. The fraction of sp³-hybridized carbons (Fsp3) is 0.238. The number of hydrogen-bond acceptors (Lipinski definition) is 5. The van der Waals surface area contributed by atoms with Crippen LogP contribution in [0.1, 0.15) is 32.7 Å². The number of carbonyl (C=O) groups excluding carboxylic acids is 1. The Morgan fingerprint density at radius 1 is 1.07 bits per heavy atom. The molecule has 152 valence electrons. The molecule has 0 saturated heterocycles. The highest BCUT2D eigenvalue weighted by Crippen LogP contribution is 2.27. The molecule has 0 saturated carbocycles. The van der Waals surface area contributed by atoms with Crippen LogP contribution in [0.3, 0.4) is 0 Å². The first-order valence-electron chi connectivity index (χ1n) is 9.08. The van der Waals surface area contributed by atoms with Crippen molar-refractivity contribution in [3.63, 3.8) is 0 Å². The van der Waals surface area contributed by atoms with Crippen molar-refractivity contribution in [2.24, 2.45) is 0 Å². The SMILES string of the molecule is CNS(=O)(=O)Cc1ccc(CNC(=O)c2csc(-c3ccc(C)cc3C)n2)cc1. The molecular weight excluding hydrogens is 406 g/mol. The Morgan fingerprint density at radius 2 is 1.76 bits per heavy atom. The van der Waals surface area contributed by atoms with Crippen LogP contribution in [0.25, 0.3) is 10.6 Å². The van der Waals surface area contributed by atoms with Crippen LogP contribution in [0.15, 0.2) is 47.8 Å². The monoisotopic (exact) mass is 429 g/mol. The fourth-order valence-corrected chi connectivity index (χ4v) is 4.54. The van der Waals surface area contributed by atoms with Gasteiger partial charge in [-0.25, -0.2) is 18.1 Å². The number of amides is 1. The van der Waals surface area contributed by atoms with Crippen molar-refractivity contribution in [2.45, 2.75) is 26.1 Å². The molecular formula is C21H23N3O3S2. The highest BCUT2D eigenvalue weighted by Gasteiger charge is 2.13. The summed E-state index contributed by atoms with van der Waals surface area (Å²) in [7, 11) is -1.91. The summed E-state index contributed by atoms with van der Waals surface area (Å²) in [4.78, 5) is 16.9. The lowest BCUT2D eigenvalue weighted by atomic mass is 10.1. The van der Waals surface area contributed by atoms with Crippen molar-refractivity contribution in [2.75, 3.05) is 7.05 Å². The number of carbonyl (C=O) groups is 1. The number of thiazole rings is 1. The molecule has 0 bridgehead atoms. The van der Waals surface area contributed by atoms with Crippen LogP contribution in [0.5, 0.6) is 0 Å². The highest BCUT2D eigenvalue weighted by molar-refractivity contribution is 7.88. The number of aromatic nitrogens is 1. The summed E-state index contributed by atoms with van der Waals surface area (Å²) in [5, 5.41) is 5.44. The van der Waals surface area contributed by atoms with Crippen LogP contribution < -0.4 is 10.0 Å². The Hall–Kier alpha value is -2.55. The average molecular weight is 430 g/mol. The summed E-state index contributed by atoms with van der Waals surface area (Å²) in [6, 6.07) is 13.3. The van der Waals surface area contributed by atoms with Crippen molar-refractivity contribution >= 4 is 27.3 Å².